The Balaban J connectivity index is 1.66. The molecule has 0 N–H and O–H groups in total. The molecule has 4 heteroatoms. The van der Waals surface area contributed by atoms with Gasteiger partial charge in [-0.2, -0.15) is 0 Å². The standard InChI is InChI=1S/C19H21N3O/c1-23-17-7-5-15(6-8-17)18-14-22-12-9-16(13-19(22)20-18)21-10-3-2-4-11-21/h5-9,12-14H,2-4,10-11H2,1H3. The first-order chi connectivity index (χ1) is 11.3. The highest BCUT2D eigenvalue weighted by Crippen LogP contribution is 2.25. The van der Waals surface area contributed by atoms with Crippen LogP contribution in [0, 0.1) is 0 Å². The van der Waals surface area contributed by atoms with Gasteiger partial charge in [-0.25, -0.2) is 4.98 Å². The number of imidazole rings is 1. The molecule has 118 valence electrons. The molecule has 0 amide bonds. The van der Waals surface area contributed by atoms with Crippen molar-refractivity contribution in [2.45, 2.75) is 19.3 Å². The summed E-state index contributed by atoms with van der Waals surface area (Å²) in [6.07, 6.45) is 8.12. The lowest BCUT2D eigenvalue weighted by Crippen LogP contribution is -2.29. The predicted molar refractivity (Wildman–Crippen MR) is 93.2 cm³/mol. The Labute approximate surface area is 136 Å². The van der Waals surface area contributed by atoms with E-state index in [9.17, 15) is 0 Å². The van der Waals surface area contributed by atoms with Crippen LogP contribution in [0.3, 0.4) is 0 Å². The topological polar surface area (TPSA) is 29.8 Å². The van der Waals surface area contributed by atoms with Crippen molar-refractivity contribution in [2.75, 3.05) is 25.1 Å². The Hall–Kier alpha value is -2.49. The summed E-state index contributed by atoms with van der Waals surface area (Å²) >= 11 is 0. The van der Waals surface area contributed by atoms with Gasteiger partial charge in [0.25, 0.3) is 0 Å². The number of piperidine rings is 1. The largest absolute Gasteiger partial charge is 0.497 e. The number of methoxy groups -OCH3 is 1. The molecule has 3 aromatic rings. The van der Waals surface area contributed by atoms with Gasteiger partial charge in [0, 0.05) is 42.8 Å². The quantitative estimate of drug-likeness (QED) is 0.732. The summed E-state index contributed by atoms with van der Waals surface area (Å²) in [5.41, 5.74) is 4.38. The van der Waals surface area contributed by atoms with Crippen molar-refractivity contribution >= 4 is 11.3 Å². The lowest BCUT2D eigenvalue weighted by atomic mass is 10.1. The van der Waals surface area contributed by atoms with Gasteiger partial charge < -0.3 is 14.0 Å². The smallest absolute Gasteiger partial charge is 0.139 e. The molecular formula is C19H21N3O. The number of anilines is 1. The minimum absolute atomic E-state index is 0.866. The van der Waals surface area contributed by atoms with Crippen LogP contribution in [0.5, 0.6) is 5.75 Å². The average Bonchev–Trinajstić information content (AvgIpc) is 3.06. The van der Waals surface area contributed by atoms with Crippen molar-refractivity contribution in [1.29, 1.82) is 0 Å². The maximum Gasteiger partial charge on any atom is 0.139 e. The highest BCUT2D eigenvalue weighted by atomic mass is 16.5. The zero-order chi connectivity index (χ0) is 15.6. The number of nitrogens with zero attached hydrogens (tertiary/aromatic N) is 3. The fraction of sp³-hybridized carbons (Fsp3) is 0.316. The SMILES string of the molecule is COc1ccc(-c2cn3ccc(N4CCCCC4)cc3n2)cc1. The zero-order valence-electron chi connectivity index (χ0n) is 13.4. The molecule has 1 aliphatic heterocycles. The van der Waals surface area contributed by atoms with Gasteiger partial charge in [-0.05, 0) is 49.6 Å². The van der Waals surface area contributed by atoms with E-state index < -0.39 is 0 Å². The molecular weight excluding hydrogens is 286 g/mol. The summed E-state index contributed by atoms with van der Waals surface area (Å²) in [6, 6.07) is 12.4. The van der Waals surface area contributed by atoms with Crippen molar-refractivity contribution in [2.24, 2.45) is 0 Å². The van der Waals surface area contributed by atoms with Crippen LogP contribution in [0.25, 0.3) is 16.9 Å². The van der Waals surface area contributed by atoms with Crippen molar-refractivity contribution in [3.8, 4) is 17.0 Å². The van der Waals surface area contributed by atoms with Crippen LogP contribution in [0.1, 0.15) is 19.3 Å². The molecule has 3 heterocycles. The number of ether oxygens (including phenoxy) is 1. The Morgan fingerprint density at radius 1 is 1.00 bits per heavy atom. The monoisotopic (exact) mass is 307 g/mol. The molecule has 0 bridgehead atoms. The zero-order valence-corrected chi connectivity index (χ0v) is 13.4. The number of benzene rings is 1. The molecule has 0 aliphatic carbocycles. The molecule has 1 fully saturated rings. The fourth-order valence-electron chi connectivity index (χ4n) is 3.22. The van der Waals surface area contributed by atoms with Crippen LogP contribution in [0.4, 0.5) is 5.69 Å². The van der Waals surface area contributed by atoms with E-state index in [4.69, 9.17) is 9.72 Å². The van der Waals surface area contributed by atoms with Crippen molar-refractivity contribution in [3.05, 3.63) is 48.8 Å². The first kappa shape index (κ1) is 14.1. The first-order valence-electron chi connectivity index (χ1n) is 8.22. The van der Waals surface area contributed by atoms with E-state index in [1.807, 2.05) is 24.3 Å². The number of pyridine rings is 1. The van der Waals surface area contributed by atoms with Crippen LogP contribution >= 0.6 is 0 Å². The molecule has 23 heavy (non-hydrogen) atoms. The minimum atomic E-state index is 0.866. The Kier molecular flexibility index (Phi) is 3.66. The van der Waals surface area contributed by atoms with E-state index in [1.54, 1.807) is 7.11 Å². The summed E-state index contributed by atoms with van der Waals surface area (Å²) in [5.74, 6) is 0.866. The Bertz CT molecular complexity index is 801. The maximum absolute atomic E-state index is 5.22. The normalized spacial score (nSPS) is 15.1. The van der Waals surface area contributed by atoms with E-state index in [0.717, 1.165) is 35.7 Å². The van der Waals surface area contributed by atoms with Gasteiger partial charge in [0.05, 0.1) is 12.8 Å². The van der Waals surface area contributed by atoms with E-state index in [1.165, 1.54) is 24.9 Å². The van der Waals surface area contributed by atoms with E-state index in [-0.39, 0.29) is 0 Å². The number of fused-ring (bicyclic) bond motifs is 1. The van der Waals surface area contributed by atoms with Gasteiger partial charge in [0.15, 0.2) is 0 Å². The van der Waals surface area contributed by atoms with Gasteiger partial charge in [-0.3, -0.25) is 0 Å². The number of rotatable bonds is 3. The molecule has 4 rings (SSSR count). The minimum Gasteiger partial charge on any atom is -0.497 e. The van der Waals surface area contributed by atoms with Crippen molar-refractivity contribution in [3.63, 3.8) is 0 Å². The number of aromatic nitrogens is 2. The molecule has 4 nitrogen and oxygen atoms in total. The summed E-state index contributed by atoms with van der Waals surface area (Å²) < 4.78 is 7.31. The molecule has 0 saturated carbocycles. The molecule has 2 aromatic heterocycles. The average molecular weight is 307 g/mol. The van der Waals surface area contributed by atoms with E-state index in [0.29, 0.717) is 0 Å². The maximum atomic E-state index is 5.22. The van der Waals surface area contributed by atoms with Gasteiger partial charge >= 0.3 is 0 Å². The van der Waals surface area contributed by atoms with Crippen LogP contribution in [-0.2, 0) is 0 Å². The van der Waals surface area contributed by atoms with Gasteiger partial charge in [-0.1, -0.05) is 0 Å². The molecule has 0 spiro atoms. The number of hydrogen-bond acceptors (Lipinski definition) is 3. The molecule has 1 aromatic carbocycles. The molecule has 0 unspecified atom stereocenters. The third-order valence-corrected chi connectivity index (χ3v) is 4.55. The van der Waals surface area contributed by atoms with E-state index in [2.05, 4.69) is 33.8 Å². The second-order valence-corrected chi connectivity index (χ2v) is 6.05. The Morgan fingerprint density at radius 2 is 1.78 bits per heavy atom. The molecule has 1 aliphatic rings. The van der Waals surface area contributed by atoms with Gasteiger partial charge in [-0.15, -0.1) is 0 Å². The third kappa shape index (κ3) is 2.77. The lowest BCUT2D eigenvalue weighted by Gasteiger charge is -2.28. The summed E-state index contributed by atoms with van der Waals surface area (Å²) in [7, 11) is 1.68. The van der Waals surface area contributed by atoms with Crippen LogP contribution in [0.15, 0.2) is 48.8 Å². The van der Waals surface area contributed by atoms with Crippen molar-refractivity contribution < 1.29 is 4.74 Å². The highest BCUT2D eigenvalue weighted by Gasteiger charge is 2.12. The molecule has 0 atom stereocenters. The highest BCUT2D eigenvalue weighted by molar-refractivity contribution is 5.66. The molecule has 0 radical (unpaired) electrons. The van der Waals surface area contributed by atoms with Gasteiger partial charge in [0.1, 0.15) is 11.4 Å². The Morgan fingerprint density at radius 3 is 2.52 bits per heavy atom. The molecule has 1 saturated heterocycles. The van der Waals surface area contributed by atoms with Crippen LogP contribution in [0.2, 0.25) is 0 Å². The fourth-order valence-corrected chi connectivity index (χ4v) is 3.22. The second-order valence-electron chi connectivity index (χ2n) is 6.05. The van der Waals surface area contributed by atoms with Crippen molar-refractivity contribution in [1.82, 2.24) is 9.38 Å². The summed E-state index contributed by atoms with van der Waals surface area (Å²) in [6.45, 7) is 2.31. The number of hydrogen-bond donors (Lipinski definition) is 0. The van der Waals surface area contributed by atoms with Gasteiger partial charge in [0.2, 0.25) is 0 Å². The lowest BCUT2D eigenvalue weighted by molar-refractivity contribution is 0.415. The third-order valence-electron chi connectivity index (χ3n) is 4.55. The van der Waals surface area contributed by atoms with Crippen LogP contribution in [-0.4, -0.2) is 29.6 Å². The summed E-state index contributed by atoms with van der Waals surface area (Å²) in [4.78, 5) is 7.25. The van der Waals surface area contributed by atoms with Crippen LogP contribution < -0.4 is 9.64 Å². The predicted octanol–water partition coefficient (Wildman–Crippen LogP) is 4.00. The van der Waals surface area contributed by atoms with E-state index >= 15 is 0 Å². The second kappa shape index (κ2) is 5.95. The summed E-state index contributed by atoms with van der Waals surface area (Å²) in [5, 5.41) is 0. The first-order valence-corrected chi connectivity index (χ1v) is 8.22.